The van der Waals surface area contributed by atoms with Crippen molar-refractivity contribution in [3.8, 4) is 5.82 Å². The maximum atomic E-state index is 12.1. The third-order valence-electron chi connectivity index (χ3n) is 4.85. The number of rotatable bonds is 3. The molecule has 9 heteroatoms. The zero-order chi connectivity index (χ0) is 18.3. The molecule has 3 aromatic rings. The second-order valence-corrected chi connectivity index (χ2v) is 6.90. The van der Waals surface area contributed by atoms with Crippen molar-refractivity contribution in [1.29, 1.82) is 0 Å². The van der Waals surface area contributed by atoms with Gasteiger partial charge in [-0.1, -0.05) is 11.2 Å². The number of aromatic amines is 1. The fraction of sp³-hybridized carbons (Fsp3) is 0.389. The van der Waals surface area contributed by atoms with Gasteiger partial charge in [0.15, 0.2) is 11.4 Å². The maximum absolute atomic E-state index is 12.1. The number of fused-ring (bicyclic) bond motifs is 1. The van der Waals surface area contributed by atoms with Crippen molar-refractivity contribution in [1.82, 2.24) is 24.9 Å². The summed E-state index contributed by atoms with van der Waals surface area (Å²) in [5.74, 6) is 0.379. The van der Waals surface area contributed by atoms with Gasteiger partial charge in [-0.3, -0.25) is 14.7 Å². The van der Waals surface area contributed by atoms with Crippen molar-refractivity contribution in [3.63, 3.8) is 0 Å². The highest BCUT2D eigenvalue weighted by molar-refractivity contribution is 5.85. The van der Waals surface area contributed by atoms with Crippen molar-refractivity contribution in [2.75, 3.05) is 13.1 Å². The molecule has 27 heavy (non-hydrogen) atoms. The number of benzene rings is 1. The van der Waals surface area contributed by atoms with E-state index in [0.717, 1.165) is 30.6 Å². The molecule has 0 radical (unpaired) electrons. The van der Waals surface area contributed by atoms with Crippen LogP contribution in [0.4, 0.5) is 0 Å². The number of piperazine rings is 1. The maximum Gasteiger partial charge on any atom is 0.334 e. The van der Waals surface area contributed by atoms with Gasteiger partial charge < -0.3 is 9.84 Å². The van der Waals surface area contributed by atoms with E-state index in [9.17, 15) is 9.59 Å². The average Bonchev–Trinajstić information content (AvgIpc) is 3.01. The van der Waals surface area contributed by atoms with Crippen LogP contribution in [0.15, 0.2) is 44.6 Å². The molecule has 0 saturated carbocycles. The Labute approximate surface area is 161 Å². The number of halogens is 1. The molecule has 1 aromatic carbocycles. The van der Waals surface area contributed by atoms with E-state index in [1.54, 1.807) is 0 Å². The number of H-pyrrole nitrogens is 1. The molecule has 0 bridgehead atoms. The molecule has 4 rings (SSSR count). The molecule has 0 aliphatic carbocycles. The molecule has 2 atom stereocenters. The van der Waals surface area contributed by atoms with Gasteiger partial charge in [-0.25, -0.2) is 9.36 Å². The quantitative estimate of drug-likeness (QED) is 0.698. The first-order valence-corrected chi connectivity index (χ1v) is 8.69. The molecule has 1 aliphatic rings. The van der Waals surface area contributed by atoms with Crippen LogP contribution in [-0.2, 0) is 6.54 Å². The first-order chi connectivity index (χ1) is 12.5. The number of hydrogen-bond acceptors (Lipinski definition) is 6. The SMILES string of the molecule is C[C@H]1CN(Cc2ccc3onc(-n4ccc(=O)[nH]c4=O)c3c2)[C@@H](C)CN1.Cl. The first kappa shape index (κ1) is 19.3. The lowest BCUT2D eigenvalue weighted by Crippen LogP contribution is -2.53. The van der Waals surface area contributed by atoms with Gasteiger partial charge in [0, 0.05) is 44.0 Å². The Bertz CT molecular complexity index is 1060. The van der Waals surface area contributed by atoms with Crippen LogP contribution < -0.4 is 16.6 Å². The number of aromatic nitrogens is 3. The third-order valence-corrected chi connectivity index (χ3v) is 4.85. The van der Waals surface area contributed by atoms with Crippen molar-refractivity contribution < 1.29 is 4.52 Å². The minimum Gasteiger partial charge on any atom is -0.354 e. The highest BCUT2D eigenvalue weighted by Gasteiger charge is 2.22. The Morgan fingerprint density at radius 2 is 2.07 bits per heavy atom. The zero-order valence-corrected chi connectivity index (χ0v) is 16.0. The van der Waals surface area contributed by atoms with Crippen molar-refractivity contribution in [2.24, 2.45) is 0 Å². The molecule has 3 heterocycles. The van der Waals surface area contributed by atoms with E-state index >= 15 is 0 Å². The van der Waals surface area contributed by atoms with Crippen molar-refractivity contribution in [2.45, 2.75) is 32.5 Å². The summed E-state index contributed by atoms with van der Waals surface area (Å²) in [4.78, 5) is 28.0. The first-order valence-electron chi connectivity index (χ1n) is 8.69. The standard InChI is InChI=1S/C18H21N5O3.ClH/c1-11-9-22(12(2)8-19-11)10-13-3-4-15-14(7-13)17(21-26-15)23-6-5-16(24)20-18(23)25;/h3-7,11-12,19H,8-10H2,1-2H3,(H,20,24,25);1H/t11-,12-;/m0./s1. The normalized spacial score (nSPS) is 20.5. The molecule has 144 valence electrons. The van der Waals surface area contributed by atoms with E-state index in [2.05, 4.69) is 34.2 Å². The lowest BCUT2D eigenvalue weighted by atomic mass is 10.1. The van der Waals surface area contributed by atoms with Crippen LogP contribution in [0.1, 0.15) is 19.4 Å². The number of nitrogens with zero attached hydrogens (tertiary/aromatic N) is 3. The molecule has 8 nitrogen and oxygen atoms in total. The van der Waals surface area contributed by atoms with E-state index in [1.807, 2.05) is 18.2 Å². The summed E-state index contributed by atoms with van der Waals surface area (Å²) in [7, 11) is 0. The lowest BCUT2D eigenvalue weighted by Gasteiger charge is -2.37. The van der Waals surface area contributed by atoms with Gasteiger partial charge in [-0.05, 0) is 31.5 Å². The van der Waals surface area contributed by atoms with E-state index in [-0.39, 0.29) is 12.4 Å². The second kappa shape index (κ2) is 7.67. The Balaban J connectivity index is 0.00000210. The fourth-order valence-electron chi connectivity index (χ4n) is 3.38. The fourth-order valence-corrected chi connectivity index (χ4v) is 3.38. The monoisotopic (exact) mass is 391 g/mol. The summed E-state index contributed by atoms with van der Waals surface area (Å²) in [6.07, 6.45) is 1.41. The smallest absolute Gasteiger partial charge is 0.334 e. The molecule has 1 aliphatic heterocycles. The van der Waals surface area contributed by atoms with E-state index in [4.69, 9.17) is 4.52 Å². The molecule has 0 unspecified atom stereocenters. The summed E-state index contributed by atoms with van der Waals surface area (Å²) in [5.41, 5.74) is 0.744. The average molecular weight is 392 g/mol. The lowest BCUT2D eigenvalue weighted by molar-refractivity contribution is 0.139. The Morgan fingerprint density at radius 3 is 2.85 bits per heavy atom. The molecular formula is C18H22ClN5O3. The largest absolute Gasteiger partial charge is 0.354 e. The van der Waals surface area contributed by atoms with Gasteiger partial charge >= 0.3 is 5.69 Å². The van der Waals surface area contributed by atoms with Crippen LogP contribution in [0.25, 0.3) is 16.8 Å². The molecule has 2 N–H and O–H groups in total. The minimum atomic E-state index is -0.539. The van der Waals surface area contributed by atoms with E-state index < -0.39 is 11.2 Å². The van der Waals surface area contributed by atoms with Crippen LogP contribution >= 0.6 is 12.4 Å². The van der Waals surface area contributed by atoms with Gasteiger partial charge in [0.2, 0.25) is 0 Å². The molecule has 1 fully saturated rings. The summed E-state index contributed by atoms with van der Waals surface area (Å²) < 4.78 is 6.63. The topological polar surface area (TPSA) is 96.2 Å². The van der Waals surface area contributed by atoms with Gasteiger partial charge in [0.25, 0.3) is 5.56 Å². The van der Waals surface area contributed by atoms with Gasteiger partial charge in [-0.2, -0.15) is 0 Å². The summed E-state index contributed by atoms with van der Waals surface area (Å²) in [6.45, 7) is 7.16. The van der Waals surface area contributed by atoms with Crippen molar-refractivity contribution >= 4 is 23.4 Å². The van der Waals surface area contributed by atoms with Gasteiger partial charge in [0.05, 0.1) is 5.39 Å². The predicted octanol–water partition coefficient (Wildman–Crippen LogP) is 1.27. The van der Waals surface area contributed by atoms with Crippen molar-refractivity contribution in [3.05, 3.63) is 56.9 Å². The highest BCUT2D eigenvalue weighted by Crippen LogP contribution is 2.23. The number of nitrogens with one attached hydrogen (secondary N) is 2. The Hall–Kier alpha value is -2.42. The summed E-state index contributed by atoms with van der Waals surface area (Å²) in [6, 6.07) is 8.08. The summed E-state index contributed by atoms with van der Waals surface area (Å²) >= 11 is 0. The zero-order valence-electron chi connectivity index (χ0n) is 15.1. The molecule has 0 spiro atoms. The van der Waals surface area contributed by atoms with Gasteiger partial charge in [0.1, 0.15) is 0 Å². The highest BCUT2D eigenvalue weighted by atomic mass is 35.5. The van der Waals surface area contributed by atoms with Crippen LogP contribution in [0, 0.1) is 0 Å². The summed E-state index contributed by atoms with van der Waals surface area (Å²) in [5, 5.41) is 8.24. The van der Waals surface area contributed by atoms with Crippen LogP contribution in [-0.4, -0.2) is 44.8 Å². The molecule has 1 saturated heterocycles. The van der Waals surface area contributed by atoms with Gasteiger partial charge in [-0.15, -0.1) is 12.4 Å². The third kappa shape index (κ3) is 3.83. The predicted molar refractivity (Wildman–Crippen MR) is 105 cm³/mol. The molecule has 2 aromatic heterocycles. The number of hydrogen-bond donors (Lipinski definition) is 2. The second-order valence-electron chi connectivity index (χ2n) is 6.90. The Morgan fingerprint density at radius 1 is 1.26 bits per heavy atom. The molecule has 0 amide bonds. The van der Waals surface area contributed by atoms with E-state index in [0.29, 0.717) is 23.5 Å². The minimum absolute atomic E-state index is 0. The van der Waals surface area contributed by atoms with Crippen LogP contribution in [0.3, 0.4) is 0 Å². The molecular weight excluding hydrogens is 370 g/mol. The Kier molecular flexibility index (Phi) is 5.50. The van der Waals surface area contributed by atoms with E-state index in [1.165, 1.54) is 16.8 Å². The van der Waals surface area contributed by atoms with Crippen LogP contribution in [0.2, 0.25) is 0 Å². The van der Waals surface area contributed by atoms with Crippen LogP contribution in [0.5, 0.6) is 0 Å².